The standard InChI is InChI=1S/C34H48N6O15/c1-34(2,3)28(48)22(15-26(44)45)38-29(49)23(16-27(46)47)37-24(41)14-18-7-9-19(10-8-18)17-36-32(54)35-13-5-4-6-20(30(50)51)39-33(55)40-21(31(52)53)11-12-25(42)43/h7-10,20-23H,4-6,11-17H2,1-3H3,(H,37,41)(H,38,49)(H,42,43)(H,44,45)(H,46,47)(H,50,51)(H,52,53)(H2,35,36,54)(H2,39,40,55)/t20-,21-,22-,23-/m0/s1. The quantitative estimate of drug-likeness (QED) is 0.0605. The Bertz CT molecular complexity index is 1570. The first-order valence-electron chi connectivity index (χ1n) is 17.0. The van der Waals surface area contributed by atoms with Gasteiger partial charge in [-0.05, 0) is 36.8 Å². The predicted molar refractivity (Wildman–Crippen MR) is 188 cm³/mol. The van der Waals surface area contributed by atoms with Crippen LogP contribution in [-0.2, 0) is 51.3 Å². The van der Waals surface area contributed by atoms with Crippen molar-refractivity contribution >= 4 is 59.5 Å². The van der Waals surface area contributed by atoms with E-state index in [9.17, 15) is 63.3 Å². The molecule has 0 bridgehead atoms. The molecule has 21 nitrogen and oxygen atoms in total. The van der Waals surface area contributed by atoms with E-state index in [1.165, 1.54) is 20.8 Å². The molecule has 4 atom stereocenters. The molecule has 0 saturated heterocycles. The van der Waals surface area contributed by atoms with Crippen LogP contribution in [-0.4, -0.2) is 116 Å². The Kier molecular flexibility index (Phi) is 19.3. The van der Waals surface area contributed by atoms with Gasteiger partial charge in [-0.3, -0.25) is 28.8 Å². The Morgan fingerprint density at radius 2 is 1.11 bits per heavy atom. The van der Waals surface area contributed by atoms with Crippen molar-refractivity contribution in [3.63, 3.8) is 0 Å². The average Bonchev–Trinajstić information content (AvgIpc) is 3.06. The molecule has 0 radical (unpaired) electrons. The third-order valence-corrected chi connectivity index (χ3v) is 7.68. The molecule has 0 unspecified atom stereocenters. The van der Waals surface area contributed by atoms with Gasteiger partial charge in [0.05, 0.1) is 25.3 Å². The predicted octanol–water partition coefficient (Wildman–Crippen LogP) is -0.197. The van der Waals surface area contributed by atoms with Gasteiger partial charge in [-0.25, -0.2) is 19.2 Å². The molecule has 11 N–H and O–H groups in total. The van der Waals surface area contributed by atoms with Crippen molar-refractivity contribution in [1.29, 1.82) is 0 Å². The molecule has 0 saturated carbocycles. The lowest BCUT2D eigenvalue weighted by molar-refractivity contribution is -0.144. The number of rotatable bonds is 24. The van der Waals surface area contributed by atoms with Crippen LogP contribution in [0.15, 0.2) is 24.3 Å². The number of ketones is 1. The zero-order valence-corrected chi connectivity index (χ0v) is 30.5. The smallest absolute Gasteiger partial charge is 0.326 e. The molecule has 1 rings (SSSR count). The van der Waals surface area contributed by atoms with Gasteiger partial charge in [-0.1, -0.05) is 45.0 Å². The van der Waals surface area contributed by atoms with Gasteiger partial charge in [0.1, 0.15) is 18.1 Å². The molecule has 21 heteroatoms. The van der Waals surface area contributed by atoms with Crippen LogP contribution in [0.5, 0.6) is 0 Å². The minimum absolute atomic E-state index is 0.0532. The fourth-order valence-corrected chi connectivity index (χ4v) is 4.83. The van der Waals surface area contributed by atoms with Crippen LogP contribution in [0.3, 0.4) is 0 Å². The normalized spacial score (nSPS) is 13.1. The molecule has 55 heavy (non-hydrogen) atoms. The summed E-state index contributed by atoms with van der Waals surface area (Å²) in [7, 11) is 0. The zero-order chi connectivity index (χ0) is 41.9. The molecule has 0 aliphatic rings. The van der Waals surface area contributed by atoms with Crippen LogP contribution in [0.25, 0.3) is 0 Å². The fourth-order valence-electron chi connectivity index (χ4n) is 4.83. The molecule has 304 valence electrons. The number of unbranched alkanes of at least 4 members (excludes halogenated alkanes) is 1. The Morgan fingerprint density at radius 3 is 1.62 bits per heavy atom. The lowest BCUT2D eigenvalue weighted by atomic mass is 9.85. The Labute approximate surface area is 315 Å². The third kappa shape index (κ3) is 19.4. The van der Waals surface area contributed by atoms with Crippen molar-refractivity contribution in [2.75, 3.05) is 6.54 Å². The second kappa shape index (κ2) is 22.7. The topological polar surface area (TPSA) is 344 Å². The number of hydrogen-bond donors (Lipinski definition) is 11. The van der Waals surface area contributed by atoms with Crippen LogP contribution >= 0.6 is 0 Å². The van der Waals surface area contributed by atoms with E-state index in [-0.39, 0.29) is 32.4 Å². The van der Waals surface area contributed by atoms with Gasteiger partial charge in [0.25, 0.3) is 0 Å². The highest BCUT2D eigenvalue weighted by atomic mass is 16.4. The van der Waals surface area contributed by atoms with E-state index >= 15 is 0 Å². The van der Waals surface area contributed by atoms with Crippen LogP contribution in [0.1, 0.15) is 76.8 Å². The maximum atomic E-state index is 12.9. The second-order valence-electron chi connectivity index (χ2n) is 13.4. The lowest BCUT2D eigenvalue weighted by Gasteiger charge is -2.26. The zero-order valence-electron chi connectivity index (χ0n) is 30.5. The first-order chi connectivity index (χ1) is 25.6. The van der Waals surface area contributed by atoms with Crippen LogP contribution in [0.4, 0.5) is 9.59 Å². The summed E-state index contributed by atoms with van der Waals surface area (Å²) in [6, 6.07) is -1.26. The Hall–Kier alpha value is -6.28. The minimum atomic E-state index is -1.60. The van der Waals surface area contributed by atoms with Crippen LogP contribution in [0, 0.1) is 5.41 Å². The van der Waals surface area contributed by atoms with E-state index in [2.05, 4.69) is 26.6 Å². The molecule has 6 amide bonds. The van der Waals surface area contributed by atoms with E-state index in [0.717, 1.165) is 0 Å². The van der Waals surface area contributed by atoms with E-state index < -0.39 is 115 Å². The summed E-state index contributed by atoms with van der Waals surface area (Å²) in [6.45, 7) is 4.81. The highest BCUT2D eigenvalue weighted by molar-refractivity contribution is 5.97. The van der Waals surface area contributed by atoms with E-state index in [1.807, 2.05) is 5.32 Å². The van der Waals surface area contributed by atoms with Crippen molar-refractivity contribution in [3.05, 3.63) is 35.4 Å². The SMILES string of the molecule is CC(C)(C)C(=O)[C@H](CC(=O)O)NC(=O)[C@H](CC(=O)O)NC(=O)Cc1ccc(CNC(=O)NCCCC[C@H](NC(=O)N[C@@H](CCC(=O)O)C(=O)O)C(=O)O)cc1. The molecule has 0 fully saturated rings. The summed E-state index contributed by atoms with van der Waals surface area (Å²) in [5.41, 5.74) is 0.0889. The van der Waals surface area contributed by atoms with Gasteiger partial charge >= 0.3 is 41.9 Å². The summed E-state index contributed by atoms with van der Waals surface area (Å²) >= 11 is 0. The number of aliphatic carboxylic acids is 5. The molecule has 0 spiro atoms. The highest BCUT2D eigenvalue weighted by Gasteiger charge is 2.35. The number of hydrogen-bond acceptors (Lipinski definition) is 10. The molecule has 1 aromatic carbocycles. The Morgan fingerprint density at radius 1 is 0.582 bits per heavy atom. The lowest BCUT2D eigenvalue weighted by Crippen LogP contribution is -2.54. The van der Waals surface area contributed by atoms with Gasteiger partial charge in [0.15, 0.2) is 5.78 Å². The first-order valence-corrected chi connectivity index (χ1v) is 17.0. The van der Waals surface area contributed by atoms with Gasteiger partial charge in [0.2, 0.25) is 11.8 Å². The molecule has 0 aromatic heterocycles. The van der Waals surface area contributed by atoms with E-state index in [0.29, 0.717) is 17.5 Å². The maximum absolute atomic E-state index is 12.9. The molecular weight excluding hydrogens is 732 g/mol. The summed E-state index contributed by atoms with van der Waals surface area (Å²) in [5.74, 6) is -9.28. The number of carbonyl (C=O) groups is 10. The van der Waals surface area contributed by atoms with Crippen molar-refractivity contribution in [1.82, 2.24) is 31.9 Å². The van der Waals surface area contributed by atoms with Crippen LogP contribution in [0.2, 0.25) is 0 Å². The molecule has 1 aromatic rings. The summed E-state index contributed by atoms with van der Waals surface area (Å²) in [5, 5.41) is 59.7. The first kappa shape index (κ1) is 46.7. The number of carboxylic acids is 5. The number of carboxylic acid groups (broad SMARTS) is 5. The third-order valence-electron chi connectivity index (χ3n) is 7.68. The fraction of sp³-hybridized carbons (Fsp3) is 0.529. The van der Waals surface area contributed by atoms with Gasteiger partial charge in [0, 0.05) is 24.9 Å². The molecular formula is C34H48N6O15. The number of amides is 6. The highest BCUT2D eigenvalue weighted by Crippen LogP contribution is 2.19. The van der Waals surface area contributed by atoms with Crippen molar-refractivity contribution < 1.29 is 73.5 Å². The number of Topliss-reactive ketones (excluding diaryl/α,β-unsaturated/α-hetero) is 1. The van der Waals surface area contributed by atoms with Gasteiger partial charge < -0.3 is 57.4 Å². The van der Waals surface area contributed by atoms with Gasteiger partial charge in [-0.15, -0.1) is 0 Å². The number of carbonyl (C=O) groups excluding carboxylic acids is 5. The van der Waals surface area contributed by atoms with E-state index in [1.54, 1.807) is 24.3 Å². The number of benzene rings is 1. The van der Waals surface area contributed by atoms with Crippen molar-refractivity contribution in [2.45, 2.75) is 103 Å². The maximum Gasteiger partial charge on any atom is 0.326 e. The summed E-state index contributed by atoms with van der Waals surface area (Å²) in [4.78, 5) is 119. The number of urea groups is 2. The summed E-state index contributed by atoms with van der Waals surface area (Å²) in [6.07, 6.45) is -2.25. The van der Waals surface area contributed by atoms with E-state index in [4.69, 9.17) is 10.2 Å². The number of nitrogens with one attached hydrogen (secondary N) is 6. The largest absolute Gasteiger partial charge is 0.481 e. The van der Waals surface area contributed by atoms with Crippen molar-refractivity contribution in [3.8, 4) is 0 Å². The molecule has 0 aliphatic carbocycles. The van der Waals surface area contributed by atoms with Gasteiger partial charge in [-0.2, -0.15) is 0 Å². The monoisotopic (exact) mass is 780 g/mol. The molecule has 0 aliphatic heterocycles. The van der Waals surface area contributed by atoms with Crippen molar-refractivity contribution in [2.24, 2.45) is 5.41 Å². The minimum Gasteiger partial charge on any atom is -0.481 e. The molecule has 0 heterocycles. The summed E-state index contributed by atoms with van der Waals surface area (Å²) < 4.78 is 0. The van der Waals surface area contributed by atoms with Crippen LogP contribution < -0.4 is 31.9 Å². The average molecular weight is 781 g/mol. The second-order valence-corrected chi connectivity index (χ2v) is 13.4. The Balaban J connectivity index is 2.58.